The summed E-state index contributed by atoms with van der Waals surface area (Å²) in [5.41, 5.74) is 2.44. The zero-order chi connectivity index (χ0) is 32.0. The van der Waals surface area contributed by atoms with Gasteiger partial charge in [-0.1, -0.05) is 60.7 Å². The molecule has 2 unspecified atom stereocenters. The van der Waals surface area contributed by atoms with Crippen molar-refractivity contribution in [3.8, 4) is 11.1 Å². The Morgan fingerprint density at radius 2 is 1.48 bits per heavy atom. The summed E-state index contributed by atoms with van der Waals surface area (Å²) in [5.74, 6) is -2.87. The number of carbonyl (C=O) groups is 4. The molecule has 44 heavy (non-hydrogen) atoms. The molecule has 1 aliphatic carbocycles. The van der Waals surface area contributed by atoms with Gasteiger partial charge in [-0.05, 0) is 49.1 Å². The highest BCUT2D eigenvalue weighted by Crippen LogP contribution is 2.44. The number of esters is 1. The highest BCUT2D eigenvalue weighted by Gasteiger charge is 2.35. The van der Waals surface area contributed by atoms with E-state index in [1.54, 1.807) is 20.8 Å². The average molecular weight is 609 g/mol. The second-order valence-electron chi connectivity index (χ2n) is 10.8. The Bertz CT molecular complexity index is 1490. The minimum atomic E-state index is -1.84. The molecule has 3 aromatic rings. The van der Waals surface area contributed by atoms with Gasteiger partial charge in [0.05, 0.1) is 5.56 Å². The quantitative estimate of drug-likeness (QED) is 0.150. The van der Waals surface area contributed by atoms with E-state index in [0.717, 1.165) is 22.3 Å². The van der Waals surface area contributed by atoms with Crippen LogP contribution < -0.4 is 10.5 Å². The number of carboxylic acid groups (broad SMARTS) is 1. The number of amides is 1. The molecular weight excluding hydrogens is 576 g/mol. The maximum Gasteiger partial charge on any atom is 0.509 e. The van der Waals surface area contributed by atoms with Crippen molar-refractivity contribution in [2.45, 2.75) is 44.4 Å². The lowest BCUT2D eigenvalue weighted by atomic mass is 9.98. The van der Waals surface area contributed by atoms with Crippen molar-refractivity contribution in [2.75, 3.05) is 13.2 Å². The van der Waals surface area contributed by atoms with Crippen LogP contribution in [0.5, 0.6) is 0 Å². The van der Waals surface area contributed by atoms with Crippen molar-refractivity contribution in [1.82, 2.24) is 5.32 Å². The highest BCUT2D eigenvalue weighted by molar-refractivity contribution is 5.82. The van der Waals surface area contributed by atoms with Crippen LogP contribution in [-0.4, -0.2) is 59.4 Å². The smallest absolute Gasteiger partial charge is 0.509 e. The molecule has 3 aromatic carbocycles. The Labute approximate surface area is 252 Å². The third kappa shape index (κ3) is 7.69. The topological polar surface area (TPSA) is 185 Å². The van der Waals surface area contributed by atoms with E-state index in [2.05, 4.69) is 5.32 Å². The van der Waals surface area contributed by atoms with Crippen molar-refractivity contribution in [1.29, 1.82) is 0 Å². The molecule has 3 atom stereocenters. The van der Waals surface area contributed by atoms with E-state index in [1.807, 2.05) is 48.5 Å². The summed E-state index contributed by atoms with van der Waals surface area (Å²) < 4.78 is 20.7. The summed E-state index contributed by atoms with van der Waals surface area (Å²) in [6.45, 7) is 3.73. The number of para-hydroxylation sites is 1. The normalized spacial score (nSPS) is 14.3. The van der Waals surface area contributed by atoms with Gasteiger partial charge in [0, 0.05) is 12.0 Å². The van der Waals surface area contributed by atoms with Crippen LogP contribution in [0.1, 0.15) is 49.5 Å². The van der Waals surface area contributed by atoms with Crippen molar-refractivity contribution >= 4 is 29.9 Å². The number of aliphatic carboxylic acids is 1. The summed E-state index contributed by atoms with van der Waals surface area (Å²) in [6.07, 6.45) is -4.40. The molecular formula is C31H32N2O11. The Kier molecular flexibility index (Phi) is 9.83. The SMILES string of the molecule is CC(C)(C)OC(=O)C(OC(=O)OC[C@@H](NC(=O)OCC1c2ccccc2-c2ccccc21)C(=O)O)c1ccccc1[NH+]([O-])O. The van der Waals surface area contributed by atoms with Crippen molar-refractivity contribution in [2.24, 2.45) is 0 Å². The highest BCUT2D eigenvalue weighted by atomic mass is 16.8. The fraction of sp³-hybridized carbons (Fsp3) is 0.290. The van der Waals surface area contributed by atoms with Crippen molar-refractivity contribution in [3.05, 3.63) is 94.7 Å². The van der Waals surface area contributed by atoms with E-state index >= 15 is 0 Å². The van der Waals surface area contributed by atoms with Crippen LogP contribution in [0.15, 0.2) is 72.8 Å². The number of benzene rings is 3. The van der Waals surface area contributed by atoms with E-state index in [-0.39, 0.29) is 23.8 Å². The third-order valence-electron chi connectivity index (χ3n) is 6.61. The first-order valence-corrected chi connectivity index (χ1v) is 13.6. The average Bonchev–Trinajstić information content (AvgIpc) is 3.29. The third-order valence-corrected chi connectivity index (χ3v) is 6.61. The first kappa shape index (κ1) is 31.9. The number of ether oxygens (including phenoxy) is 4. The number of quaternary nitrogens is 1. The number of carbonyl (C=O) groups excluding carboxylic acids is 3. The fourth-order valence-electron chi connectivity index (χ4n) is 4.75. The number of hydrogen-bond acceptors (Lipinski definition) is 10. The van der Waals surface area contributed by atoms with Gasteiger partial charge in [0.2, 0.25) is 6.10 Å². The number of fused-ring (bicyclic) bond motifs is 3. The van der Waals surface area contributed by atoms with Crippen LogP contribution in [0.2, 0.25) is 0 Å². The van der Waals surface area contributed by atoms with Gasteiger partial charge >= 0.3 is 24.2 Å². The summed E-state index contributed by atoms with van der Waals surface area (Å²) >= 11 is 0. The maximum absolute atomic E-state index is 12.9. The molecule has 13 nitrogen and oxygen atoms in total. The van der Waals surface area contributed by atoms with Crippen molar-refractivity contribution in [3.63, 3.8) is 0 Å². The number of nitrogens with one attached hydrogen (secondary N) is 2. The molecule has 232 valence electrons. The standard InChI is InChI=1S/C31H32N2O11/c1-31(2,3)44-28(36)26(22-14-8-9-15-25(22)33(39)40)43-30(38)42-17-24(27(34)35)32-29(37)41-16-23-20-12-6-4-10-18(20)19-11-5-7-13-21(19)23/h4-15,23-24,26,33,39H,16-17H2,1-3H3,(H,32,37)(H,34,35)/t24-,26?/m1/s1. The Balaban J connectivity index is 1.39. The summed E-state index contributed by atoms with van der Waals surface area (Å²) in [5, 5.41) is 31.6. The van der Waals surface area contributed by atoms with E-state index in [0.29, 0.717) is 0 Å². The second-order valence-corrected chi connectivity index (χ2v) is 10.8. The molecule has 0 bridgehead atoms. The molecule has 0 fully saturated rings. The lowest BCUT2D eigenvalue weighted by Crippen LogP contribution is -2.99. The zero-order valence-electron chi connectivity index (χ0n) is 24.1. The van der Waals surface area contributed by atoms with Gasteiger partial charge in [0.25, 0.3) is 0 Å². The Morgan fingerprint density at radius 3 is 2.05 bits per heavy atom. The number of rotatable bonds is 10. The maximum atomic E-state index is 12.9. The van der Waals surface area contributed by atoms with Gasteiger partial charge in [0.15, 0.2) is 11.7 Å². The van der Waals surface area contributed by atoms with Gasteiger partial charge in [-0.2, -0.15) is 5.23 Å². The Morgan fingerprint density at radius 1 is 0.909 bits per heavy atom. The lowest BCUT2D eigenvalue weighted by molar-refractivity contribution is -0.991. The van der Waals surface area contributed by atoms with Gasteiger partial charge in [-0.25, -0.2) is 24.4 Å². The van der Waals surface area contributed by atoms with Crippen LogP contribution in [0.3, 0.4) is 0 Å². The van der Waals surface area contributed by atoms with Gasteiger partial charge in [-0.15, -0.1) is 0 Å². The molecule has 0 saturated heterocycles. The monoisotopic (exact) mass is 608 g/mol. The van der Waals surface area contributed by atoms with Gasteiger partial charge < -0.3 is 34.6 Å². The summed E-state index contributed by atoms with van der Waals surface area (Å²) in [4.78, 5) is 49.9. The van der Waals surface area contributed by atoms with E-state index < -0.39 is 53.8 Å². The van der Waals surface area contributed by atoms with E-state index in [1.165, 1.54) is 24.3 Å². The van der Waals surface area contributed by atoms with Crippen LogP contribution in [0, 0.1) is 5.21 Å². The van der Waals surface area contributed by atoms with E-state index in [9.17, 15) is 34.7 Å². The first-order chi connectivity index (χ1) is 20.9. The van der Waals surface area contributed by atoms with Gasteiger partial charge in [-0.3, -0.25) is 0 Å². The summed E-state index contributed by atoms with van der Waals surface area (Å²) in [6, 6.07) is 19.0. The van der Waals surface area contributed by atoms with Crippen molar-refractivity contribution < 1.29 is 53.7 Å². The number of alkyl carbamates (subject to hydrolysis) is 1. The largest absolute Gasteiger partial charge is 0.595 e. The molecule has 4 N–H and O–H groups in total. The predicted molar refractivity (Wildman–Crippen MR) is 153 cm³/mol. The zero-order valence-corrected chi connectivity index (χ0v) is 24.1. The molecule has 0 heterocycles. The predicted octanol–water partition coefficient (Wildman–Crippen LogP) is 3.62. The molecule has 1 amide bonds. The van der Waals surface area contributed by atoms with Crippen LogP contribution in [0.25, 0.3) is 11.1 Å². The molecule has 0 aromatic heterocycles. The van der Waals surface area contributed by atoms with Gasteiger partial charge in [0.1, 0.15) is 18.8 Å². The minimum absolute atomic E-state index is 0.0738. The number of carboxylic acids is 1. The fourth-order valence-corrected chi connectivity index (χ4v) is 4.75. The molecule has 0 spiro atoms. The molecule has 1 aliphatic rings. The first-order valence-electron chi connectivity index (χ1n) is 13.6. The van der Waals surface area contributed by atoms with E-state index in [4.69, 9.17) is 18.9 Å². The molecule has 13 heteroatoms. The van der Waals surface area contributed by atoms with Crippen LogP contribution in [0.4, 0.5) is 15.3 Å². The molecule has 4 rings (SSSR count). The Hall–Kier alpha value is -4.98. The summed E-state index contributed by atoms with van der Waals surface area (Å²) in [7, 11) is 0. The minimum Gasteiger partial charge on any atom is -0.595 e. The molecule has 0 saturated carbocycles. The second kappa shape index (κ2) is 13.5. The number of hydrogen-bond donors (Lipinski definition) is 4. The molecule has 0 aliphatic heterocycles. The van der Waals surface area contributed by atoms with Crippen LogP contribution in [-0.2, 0) is 28.5 Å². The van der Waals surface area contributed by atoms with Crippen LogP contribution >= 0.6 is 0 Å². The molecule has 0 radical (unpaired) electrons. The lowest BCUT2D eigenvalue weighted by Gasteiger charge is -2.25.